The molecule has 0 aromatic carbocycles. The summed E-state index contributed by atoms with van der Waals surface area (Å²) in [6.45, 7) is 3.18. The van der Waals surface area contributed by atoms with E-state index < -0.39 is 0 Å². The third-order valence-corrected chi connectivity index (χ3v) is 4.45. The maximum Gasteiger partial charge on any atom is 0.125 e. The molecule has 0 atom stereocenters. The van der Waals surface area contributed by atoms with Crippen molar-refractivity contribution in [2.45, 2.75) is 45.2 Å². The number of aryl methyl sites for hydroxylation is 1. The first-order valence-electron chi connectivity index (χ1n) is 6.99. The van der Waals surface area contributed by atoms with E-state index >= 15 is 0 Å². The number of nitrogens with zero attached hydrogens (tertiary/aromatic N) is 2. The molecule has 0 bridgehead atoms. The van der Waals surface area contributed by atoms with Gasteiger partial charge < -0.3 is 5.32 Å². The Bertz CT molecular complexity index is 532. The molecule has 1 N–H and O–H groups in total. The summed E-state index contributed by atoms with van der Waals surface area (Å²) in [5, 5.41) is 4.69. The fourth-order valence-electron chi connectivity index (χ4n) is 2.09. The second-order valence-corrected chi connectivity index (χ2v) is 6.12. The molecule has 0 spiro atoms. The van der Waals surface area contributed by atoms with Gasteiger partial charge in [-0.2, -0.15) is 0 Å². The third kappa shape index (κ3) is 3.19. The fourth-order valence-corrected chi connectivity index (χ4v) is 3.14. The van der Waals surface area contributed by atoms with Crippen molar-refractivity contribution in [1.82, 2.24) is 15.3 Å². The van der Waals surface area contributed by atoms with Crippen LogP contribution in [0.1, 0.15) is 36.8 Å². The largest absolute Gasteiger partial charge is 0.309 e. The minimum Gasteiger partial charge on any atom is -0.309 e. The molecule has 1 fully saturated rings. The highest BCUT2D eigenvalue weighted by molar-refractivity contribution is 7.15. The summed E-state index contributed by atoms with van der Waals surface area (Å²) in [5.41, 5.74) is 2.39. The maximum absolute atomic E-state index is 4.81. The van der Waals surface area contributed by atoms with Crippen LogP contribution >= 0.6 is 11.3 Å². The lowest BCUT2D eigenvalue weighted by Gasteiger charge is -2.01. The normalized spacial score (nSPS) is 14.8. The molecule has 1 aliphatic carbocycles. The van der Waals surface area contributed by atoms with Gasteiger partial charge in [0.25, 0.3) is 0 Å². The number of nitrogens with one attached hydrogen (secondary N) is 1. The SMILES string of the molecule is CCCc1nc(-c2cccnc2)sc1CNC1CC1. The van der Waals surface area contributed by atoms with Crippen molar-refractivity contribution < 1.29 is 0 Å². The summed E-state index contributed by atoms with van der Waals surface area (Å²) in [6.07, 6.45) is 8.58. The molecule has 3 rings (SSSR count). The maximum atomic E-state index is 4.81. The summed E-state index contributed by atoms with van der Waals surface area (Å²) in [6, 6.07) is 4.80. The Morgan fingerprint density at radius 1 is 1.42 bits per heavy atom. The molecule has 0 aliphatic heterocycles. The quantitative estimate of drug-likeness (QED) is 0.876. The highest BCUT2D eigenvalue weighted by atomic mass is 32.1. The molecule has 2 heterocycles. The van der Waals surface area contributed by atoms with E-state index in [1.165, 1.54) is 23.4 Å². The van der Waals surface area contributed by atoms with Crippen molar-refractivity contribution in [3.05, 3.63) is 35.1 Å². The predicted molar refractivity (Wildman–Crippen MR) is 79.2 cm³/mol. The number of hydrogen-bond donors (Lipinski definition) is 1. The van der Waals surface area contributed by atoms with E-state index in [0.717, 1.165) is 36.0 Å². The lowest BCUT2D eigenvalue weighted by molar-refractivity contribution is 0.686. The van der Waals surface area contributed by atoms with Crippen molar-refractivity contribution >= 4 is 11.3 Å². The predicted octanol–water partition coefficient (Wildman–Crippen LogP) is 3.41. The van der Waals surface area contributed by atoms with Crippen molar-refractivity contribution in [3.63, 3.8) is 0 Å². The number of pyridine rings is 1. The van der Waals surface area contributed by atoms with E-state index in [9.17, 15) is 0 Å². The van der Waals surface area contributed by atoms with E-state index in [-0.39, 0.29) is 0 Å². The van der Waals surface area contributed by atoms with Gasteiger partial charge in [0, 0.05) is 35.4 Å². The summed E-state index contributed by atoms with van der Waals surface area (Å²) in [4.78, 5) is 10.4. The Balaban J connectivity index is 1.82. The van der Waals surface area contributed by atoms with Crippen LogP contribution in [0.2, 0.25) is 0 Å². The van der Waals surface area contributed by atoms with Crippen LogP contribution in [0.3, 0.4) is 0 Å². The zero-order valence-corrected chi connectivity index (χ0v) is 12.0. The van der Waals surface area contributed by atoms with Crippen LogP contribution in [0.15, 0.2) is 24.5 Å². The second kappa shape index (κ2) is 5.80. The van der Waals surface area contributed by atoms with E-state index in [1.807, 2.05) is 23.6 Å². The summed E-state index contributed by atoms with van der Waals surface area (Å²) in [7, 11) is 0. The van der Waals surface area contributed by atoms with Crippen LogP contribution < -0.4 is 5.32 Å². The molecule has 2 aromatic rings. The van der Waals surface area contributed by atoms with Crippen LogP contribution in [0.4, 0.5) is 0 Å². The van der Waals surface area contributed by atoms with Gasteiger partial charge in [-0.05, 0) is 31.4 Å². The monoisotopic (exact) mass is 273 g/mol. The van der Waals surface area contributed by atoms with Crippen LogP contribution in [0.5, 0.6) is 0 Å². The first-order chi connectivity index (χ1) is 9.36. The Morgan fingerprint density at radius 2 is 2.32 bits per heavy atom. The van der Waals surface area contributed by atoms with Gasteiger partial charge in [-0.15, -0.1) is 11.3 Å². The molecule has 0 radical (unpaired) electrons. The smallest absolute Gasteiger partial charge is 0.125 e. The number of hydrogen-bond acceptors (Lipinski definition) is 4. The molecule has 0 unspecified atom stereocenters. The van der Waals surface area contributed by atoms with Gasteiger partial charge in [-0.3, -0.25) is 4.98 Å². The van der Waals surface area contributed by atoms with Crippen LogP contribution in [-0.2, 0) is 13.0 Å². The fraction of sp³-hybridized carbons (Fsp3) is 0.467. The molecule has 0 amide bonds. The highest BCUT2D eigenvalue weighted by Crippen LogP contribution is 2.29. The van der Waals surface area contributed by atoms with Crippen LogP contribution in [0.25, 0.3) is 10.6 Å². The molecule has 100 valence electrons. The molecule has 0 saturated heterocycles. The average Bonchev–Trinajstić information content (AvgIpc) is 3.19. The molecule has 2 aromatic heterocycles. The number of thiazole rings is 1. The Hall–Kier alpha value is -1.26. The van der Waals surface area contributed by atoms with Crippen molar-refractivity contribution in [2.75, 3.05) is 0 Å². The zero-order chi connectivity index (χ0) is 13.1. The molecular weight excluding hydrogens is 254 g/mol. The topological polar surface area (TPSA) is 37.8 Å². The Labute approximate surface area is 118 Å². The molecule has 4 heteroatoms. The molecule has 3 nitrogen and oxygen atoms in total. The van der Waals surface area contributed by atoms with Gasteiger partial charge in [0.1, 0.15) is 5.01 Å². The van der Waals surface area contributed by atoms with Gasteiger partial charge in [0.05, 0.1) is 5.69 Å². The minimum absolute atomic E-state index is 0.749. The number of aromatic nitrogens is 2. The summed E-state index contributed by atoms with van der Waals surface area (Å²) >= 11 is 1.81. The molecule has 19 heavy (non-hydrogen) atoms. The Kier molecular flexibility index (Phi) is 3.89. The van der Waals surface area contributed by atoms with Crippen molar-refractivity contribution in [2.24, 2.45) is 0 Å². The zero-order valence-electron chi connectivity index (χ0n) is 11.2. The molecule has 1 saturated carbocycles. The van der Waals surface area contributed by atoms with E-state index in [1.54, 1.807) is 6.20 Å². The van der Waals surface area contributed by atoms with Crippen molar-refractivity contribution in [1.29, 1.82) is 0 Å². The Morgan fingerprint density at radius 3 is 3.00 bits per heavy atom. The van der Waals surface area contributed by atoms with E-state index in [2.05, 4.69) is 23.3 Å². The van der Waals surface area contributed by atoms with E-state index in [0.29, 0.717) is 0 Å². The summed E-state index contributed by atoms with van der Waals surface area (Å²) < 4.78 is 0. The average molecular weight is 273 g/mol. The van der Waals surface area contributed by atoms with Gasteiger partial charge in [0.2, 0.25) is 0 Å². The van der Waals surface area contributed by atoms with E-state index in [4.69, 9.17) is 4.98 Å². The third-order valence-electron chi connectivity index (χ3n) is 3.30. The second-order valence-electron chi connectivity index (χ2n) is 5.04. The molecule has 1 aliphatic rings. The van der Waals surface area contributed by atoms with Gasteiger partial charge in [-0.1, -0.05) is 13.3 Å². The van der Waals surface area contributed by atoms with Gasteiger partial charge >= 0.3 is 0 Å². The standard InChI is InChI=1S/C15H19N3S/c1-2-4-13-14(10-17-12-6-7-12)19-15(18-13)11-5-3-8-16-9-11/h3,5,8-9,12,17H,2,4,6-7,10H2,1H3. The molecular formula is C15H19N3S. The number of rotatable bonds is 6. The minimum atomic E-state index is 0.749. The van der Waals surface area contributed by atoms with Crippen molar-refractivity contribution in [3.8, 4) is 10.6 Å². The van der Waals surface area contributed by atoms with Crippen LogP contribution in [-0.4, -0.2) is 16.0 Å². The van der Waals surface area contributed by atoms with Gasteiger partial charge in [0.15, 0.2) is 0 Å². The highest BCUT2D eigenvalue weighted by Gasteiger charge is 2.21. The first-order valence-corrected chi connectivity index (χ1v) is 7.81. The lowest BCUT2D eigenvalue weighted by Crippen LogP contribution is -2.15. The lowest BCUT2D eigenvalue weighted by atomic mass is 10.2. The van der Waals surface area contributed by atoms with Crippen LogP contribution in [0, 0.1) is 0 Å². The summed E-state index contributed by atoms with van der Waals surface area (Å²) in [5.74, 6) is 0. The van der Waals surface area contributed by atoms with Gasteiger partial charge in [-0.25, -0.2) is 4.98 Å². The first kappa shape index (κ1) is 12.8.